The lowest BCUT2D eigenvalue weighted by Crippen LogP contribution is -2.39. The molecule has 0 fully saturated rings. The summed E-state index contributed by atoms with van der Waals surface area (Å²) in [6.07, 6.45) is 0. The van der Waals surface area contributed by atoms with E-state index in [0.29, 0.717) is 0 Å². The second-order valence-corrected chi connectivity index (χ2v) is 6.03. The molecule has 0 bridgehead atoms. The van der Waals surface area contributed by atoms with Crippen LogP contribution in [0, 0.1) is 0 Å². The van der Waals surface area contributed by atoms with Crippen molar-refractivity contribution < 1.29 is 23.8 Å². The van der Waals surface area contributed by atoms with Gasteiger partial charge in [0.25, 0.3) is 0 Å². The van der Waals surface area contributed by atoms with Gasteiger partial charge in [-0.2, -0.15) is 11.3 Å². The van der Waals surface area contributed by atoms with Gasteiger partial charge in [-0.05, 0) is 28.5 Å². The molecule has 0 spiro atoms. The molecule has 0 atom stereocenters. The maximum Gasteiger partial charge on any atom is 0.355 e. The van der Waals surface area contributed by atoms with Crippen LogP contribution in [0.3, 0.4) is 0 Å². The number of hydrogen-bond donors (Lipinski definition) is 0. The molecule has 1 aromatic heterocycles. The fraction of sp³-hybridized carbons (Fsp3) is 0.222. The smallest absolute Gasteiger partial charge is 0.355 e. The minimum absolute atomic E-state index is 0.00573. The number of carbonyl (C=O) groups excluding carboxylic acids is 2. The Bertz CT molecular complexity index is 813. The lowest BCUT2D eigenvalue weighted by atomic mass is 10.0. The third-order valence-electron chi connectivity index (χ3n) is 3.86. The predicted molar refractivity (Wildman–Crippen MR) is 94.1 cm³/mol. The molecule has 1 aromatic carbocycles. The summed E-state index contributed by atoms with van der Waals surface area (Å²) in [7, 11) is 2.55. The molecule has 130 valence electrons. The van der Waals surface area contributed by atoms with Crippen LogP contribution in [0.1, 0.15) is 0 Å². The maximum atomic E-state index is 12.4. The van der Waals surface area contributed by atoms with Gasteiger partial charge in [-0.1, -0.05) is 18.2 Å². The third kappa shape index (κ3) is 3.29. The van der Waals surface area contributed by atoms with Crippen molar-refractivity contribution in [3.05, 3.63) is 52.4 Å². The van der Waals surface area contributed by atoms with E-state index in [1.54, 1.807) is 16.2 Å². The van der Waals surface area contributed by atoms with Crippen LogP contribution >= 0.6 is 11.3 Å². The van der Waals surface area contributed by atoms with Crippen molar-refractivity contribution in [2.45, 2.75) is 0 Å². The van der Waals surface area contributed by atoms with Gasteiger partial charge in [0.1, 0.15) is 12.4 Å². The predicted octanol–water partition coefficient (Wildman–Crippen LogP) is 2.81. The van der Waals surface area contributed by atoms with Gasteiger partial charge in [-0.15, -0.1) is 0 Å². The Balaban J connectivity index is 2.16. The zero-order valence-corrected chi connectivity index (χ0v) is 14.7. The summed E-state index contributed by atoms with van der Waals surface area (Å²) in [6, 6.07) is 9.62. The molecular weight excluding hydrogens is 342 g/mol. The van der Waals surface area contributed by atoms with Crippen LogP contribution in [0.4, 0.5) is 5.69 Å². The van der Waals surface area contributed by atoms with Crippen molar-refractivity contribution in [2.24, 2.45) is 0 Å². The molecule has 7 heteroatoms. The SMILES string of the molecule is COC(=O)C1=C(C(=O)OC)N(c2ccccc2-c2ccsc2)COC1. The van der Waals surface area contributed by atoms with Crippen molar-refractivity contribution in [1.82, 2.24) is 0 Å². The van der Waals surface area contributed by atoms with E-state index >= 15 is 0 Å². The van der Waals surface area contributed by atoms with E-state index in [4.69, 9.17) is 14.2 Å². The number of hydrogen-bond acceptors (Lipinski definition) is 7. The van der Waals surface area contributed by atoms with Gasteiger partial charge in [0.15, 0.2) is 0 Å². The summed E-state index contributed by atoms with van der Waals surface area (Å²) in [4.78, 5) is 26.1. The highest BCUT2D eigenvalue weighted by molar-refractivity contribution is 7.08. The first-order valence-corrected chi connectivity index (χ1v) is 8.48. The molecule has 1 aliphatic rings. The van der Waals surface area contributed by atoms with E-state index in [1.165, 1.54) is 14.2 Å². The van der Waals surface area contributed by atoms with Crippen LogP contribution < -0.4 is 4.90 Å². The molecule has 2 heterocycles. The van der Waals surface area contributed by atoms with E-state index < -0.39 is 11.9 Å². The molecule has 1 aliphatic heterocycles. The highest BCUT2D eigenvalue weighted by atomic mass is 32.1. The highest BCUT2D eigenvalue weighted by Gasteiger charge is 2.33. The summed E-state index contributed by atoms with van der Waals surface area (Å²) >= 11 is 1.58. The van der Waals surface area contributed by atoms with Crippen LogP contribution in [-0.4, -0.2) is 39.5 Å². The molecular formula is C18H17NO5S. The zero-order chi connectivity index (χ0) is 17.8. The molecule has 25 heavy (non-hydrogen) atoms. The quantitative estimate of drug-likeness (QED) is 0.782. The normalized spacial score (nSPS) is 14.4. The largest absolute Gasteiger partial charge is 0.466 e. The van der Waals surface area contributed by atoms with Gasteiger partial charge in [-0.25, -0.2) is 9.59 Å². The van der Waals surface area contributed by atoms with Crippen LogP contribution in [0.2, 0.25) is 0 Å². The number of ether oxygens (including phenoxy) is 3. The zero-order valence-electron chi connectivity index (χ0n) is 13.9. The molecule has 0 radical (unpaired) electrons. The average molecular weight is 359 g/mol. The number of esters is 2. The van der Waals surface area contributed by atoms with Gasteiger partial charge < -0.3 is 19.1 Å². The second-order valence-electron chi connectivity index (χ2n) is 5.25. The number of carbonyl (C=O) groups is 2. The van der Waals surface area contributed by atoms with Gasteiger partial charge in [0.2, 0.25) is 0 Å². The lowest BCUT2D eigenvalue weighted by Gasteiger charge is -2.32. The number of thiophene rings is 1. The topological polar surface area (TPSA) is 65.1 Å². The Morgan fingerprint density at radius 1 is 1.12 bits per heavy atom. The first kappa shape index (κ1) is 17.2. The third-order valence-corrected chi connectivity index (χ3v) is 4.54. The van der Waals surface area contributed by atoms with Crippen molar-refractivity contribution >= 4 is 29.0 Å². The van der Waals surface area contributed by atoms with E-state index in [-0.39, 0.29) is 24.6 Å². The fourth-order valence-corrected chi connectivity index (χ4v) is 3.36. The number of benzene rings is 1. The lowest BCUT2D eigenvalue weighted by molar-refractivity contribution is -0.140. The number of methoxy groups -OCH3 is 2. The molecule has 6 nitrogen and oxygen atoms in total. The molecule has 0 amide bonds. The van der Waals surface area contributed by atoms with Gasteiger partial charge in [0.05, 0.1) is 32.1 Å². The fourth-order valence-electron chi connectivity index (χ4n) is 2.70. The Kier molecular flexibility index (Phi) is 5.16. The number of para-hydroxylation sites is 1. The van der Waals surface area contributed by atoms with E-state index in [1.807, 2.05) is 41.1 Å². The number of rotatable bonds is 4. The molecule has 0 saturated heterocycles. The van der Waals surface area contributed by atoms with Crippen molar-refractivity contribution in [1.29, 1.82) is 0 Å². The summed E-state index contributed by atoms with van der Waals surface area (Å²) in [5, 5.41) is 4.00. The Hall–Kier alpha value is -2.64. The Morgan fingerprint density at radius 2 is 1.88 bits per heavy atom. The van der Waals surface area contributed by atoms with Gasteiger partial charge in [-0.3, -0.25) is 0 Å². The van der Waals surface area contributed by atoms with Gasteiger partial charge in [0, 0.05) is 5.56 Å². The summed E-state index contributed by atoms with van der Waals surface area (Å²) < 4.78 is 15.2. The summed E-state index contributed by atoms with van der Waals surface area (Å²) in [5.41, 5.74) is 2.99. The minimum Gasteiger partial charge on any atom is -0.466 e. The monoisotopic (exact) mass is 359 g/mol. The summed E-state index contributed by atoms with van der Waals surface area (Å²) in [6.45, 7) is 0.125. The van der Waals surface area contributed by atoms with Crippen LogP contribution in [0.5, 0.6) is 0 Å². The maximum absolute atomic E-state index is 12.4. The van der Waals surface area contributed by atoms with E-state index in [2.05, 4.69) is 0 Å². The van der Waals surface area contributed by atoms with Crippen LogP contribution in [0.25, 0.3) is 11.1 Å². The Morgan fingerprint density at radius 3 is 2.56 bits per heavy atom. The highest BCUT2D eigenvalue weighted by Crippen LogP contribution is 2.36. The van der Waals surface area contributed by atoms with Crippen molar-refractivity contribution in [3.63, 3.8) is 0 Å². The molecule has 2 aromatic rings. The number of nitrogens with zero attached hydrogens (tertiary/aromatic N) is 1. The van der Waals surface area contributed by atoms with Crippen LogP contribution in [0.15, 0.2) is 52.4 Å². The standard InChI is InChI=1S/C18H17NO5S/c1-22-17(20)14-9-24-11-19(16(14)18(21)23-2)15-6-4-3-5-13(15)12-7-8-25-10-12/h3-8,10H,9,11H2,1-2H3. The van der Waals surface area contributed by atoms with Crippen molar-refractivity contribution in [2.75, 3.05) is 32.5 Å². The van der Waals surface area contributed by atoms with Crippen LogP contribution in [-0.2, 0) is 23.8 Å². The average Bonchev–Trinajstić information content (AvgIpc) is 3.20. The first-order chi connectivity index (χ1) is 12.2. The van der Waals surface area contributed by atoms with E-state index in [0.717, 1.165) is 16.8 Å². The molecule has 0 N–H and O–H groups in total. The molecule has 0 unspecified atom stereocenters. The Labute approximate surface area is 149 Å². The van der Waals surface area contributed by atoms with Crippen molar-refractivity contribution in [3.8, 4) is 11.1 Å². The minimum atomic E-state index is -0.613. The molecule has 0 saturated carbocycles. The summed E-state index contributed by atoms with van der Waals surface area (Å²) in [5.74, 6) is -1.22. The first-order valence-electron chi connectivity index (χ1n) is 7.54. The molecule has 0 aliphatic carbocycles. The van der Waals surface area contributed by atoms with E-state index in [9.17, 15) is 9.59 Å². The second kappa shape index (κ2) is 7.50. The molecule has 3 rings (SSSR count). The van der Waals surface area contributed by atoms with Gasteiger partial charge >= 0.3 is 11.9 Å². The number of anilines is 1.